The van der Waals surface area contributed by atoms with Crippen LogP contribution in [-0.2, 0) is 11.3 Å². The van der Waals surface area contributed by atoms with Crippen molar-refractivity contribution in [2.24, 2.45) is 10.7 Å². The number of amides is 1. The maximum Gasteiger partial charge on any atom is 0.273 e. The largest absolute Gasteiger partial charge is 0.483 e. The van der Waals surface area contributed by atoms with E-state index in [0.29, 0.717) is 19.0 Å². The molecule has 1 aromatic heterocycles. The van der Waals surface area contributed by atoms with E-state index in [1.807, 2.05) is 38.1 Å². The van der Waals surface area contributed by atoms with Gasteiger partial charge < -0.3 is 10.5 Å². The van der Waals surface area contributed by atoms with Gasteiger partial charge in [0.05, 0.1) is 13.2 Å². The minimum absolute atomic E-state index is 0.0273. The Balaban J connectivity index is 2.35. The Morgan fingerprint density at radius 3 is 2.90 bits per heavy atom. The van der Waals surface area contributed by atoms with Crippen LogP contribution in [0.15, 0.2) is 29.3 Å². The van der Waals surface area contributed by atoms with E-state index in [1.165, 1.54) is 11.1 Å². The van der Waals surface area contributed by atoms with Gasteiger partial charge in [-0.15, -0.1) is 5.10 Å². The van der Waals surface area contributed by atoms with Crippen molar-refractivity contribution in [3.05, 3.63) is 41.1 Å². The van der Waals surface area contributed by atoms with Gasteiger partial charge in [0.1, 0.15) is 0 Å². The van der Waals surface area contributed by atoms with Crippen molar-refractivity contribution < 1.29 is 9.53 Å². The number of carbonyl (C=O) groups excluding carboxylic acids is 1. The van der Waals surface area contributed by atoms with Crippen LogP contribution in [-0.4, -0.2) is 33.9 Å². The zero-order valence-corrected chi connectivity index (χ0v) is 12.0. The van der Waals surface area contributed by atoms with E-state index in [-0.39, 0.29) is 5.69 Å². The molecule has 21 heavy (non-hydrogen) atoms. The van der Waals surface area contributed by atoms with Gasteiger partial charge in [-0.25, -0.2) is 4.68 Å². The number of benzene rings is 1. The first-order valence-electron chi connectivity index (χ1n) is 6.55. The number of hydrogen-bond acceptors (Lipinski definition) is 5. The minimum Gasteiger partial charge on any atom is -0.483 e. The highest BCUT2D eigenvalue weighted by Crippen LogP contribution is 2.18. The molecule has 0 bridgehead atoms. The molecule has 0 aliphatic carbocycles. The van der Waals surface area contributed by atoms with Crippen molar-refractivity contribution in [3.63, 3.8) is 0 Å². The molecule has 0 spiro atoms. The summed E-state index contributed by atoms with van der Waals surface area (Å²) in [4.78, 5) is 15.5. The normalized spacial score (nSPS) is 11.0. The highest BCUT2D eigenvalue weighted by molar-refractivity contribution is 5.95. The van der Waals surface area contributed by atoms with Crippen molar-refractivity contribution in [1.82, 2.24) is 15.0 Å². The molecule has 0 fully saturated rings. The third-order valence-electron chi connectivity index (χ3n) is 2.94. The third-order valence-corrected chi connectivity index (χ3v) is 2.94. The molecular weight excluding hydrogens is 270 g/mol. The summed E-state index contributed by atoms with van der Waals surface area (Å²) < 4.78 is 6.58. The van der Waals surface area contributed by atoms with Crippen LogP contribution in [0.2, 0.25) is 0 Å². The second-order valence-electron chi connectivity index (χ2n) is 4.40. The molecule has 2 aromatic rings. The van der Waals surface area contributed by atoms with Gasteiger partial charge in [0, 0.05) is 0 Å². The molecule has 0 atom stereocenters. The Labute approximate surface area is 122 Å². The predicted molar refractivity (Wildman–Crippen MR) is 78.6 cm³/mol. The summed E-state index contributed by atoms with van der Waals surface area (Å²) in [6, 6.07) is 7.89. The summed E-state index contributed by atoms with van der Waals surface area (Å²) >= 11 is 0. The topological polar surface area (TPSA) is 95.4 Å². The molecule has 1 heterocycles. The number of primary amides is 1. The molecule has 1 aromatic carbocycles. The van der Waals surface area contributed by atoms with Gasteiger partial charge in [-0.05, 0) is 25.0 Å². The van der Waals surface area contributed by atoms with E-state index in [1.54, 1.807) is 0 Å². The van der Waals surface area contributed by atoms with Crippen LogP contribution in [0.1, 0.15) is 28.5 Å². The summed E-state index contributed by atoms with van der Waals surface area (Å²) in [5.74, 6) is -0.381. The molecule has 0 saturated carbocycles. The summed E-state index contributed by atoms with van der Waals surface area (Å²) in [5, 5.41) is 7.74. The molecule has 0 aliphatic rings. The zero-order chi connectivity index (χ0) is 15.2. The van der Waals surface area contributed by atoms with Crippen molar-refractivity contribution >= 4 is 18.1 Å². The molecule has 110 valence electrons. The van der Waals surface area contributed by atoms with Crippen molar-refractivity contribution in [2.75, 3.05) is 6.61 Å². The van der Waals surface area contributed by atoms with E-state index in [9.17, 15) is 4.79 Å². The van der Waals surface area contributed by atoms with Crippen molar-refractivity contribution in [1.29, 1.82) is 0 Å². The van der Waals surface area contributed by atoms with E-state index in [4.69, 9.17) is 10.5 Å². The first-order chi connectivity index (χ1) is 10.1. The van der Waals surface area contributed by atoms with Gasteiger partial charge in [0.15, 0.2) is 17.9 Å². The molecule has 2 rings (SSSR count). The van der Waals surface area contributed by atoms with Gasteiger partial charge in [0.2, 0.25) is 0 Å². The summed E-state index contributed by atoms with van der Waals surface area (Å²) in [6.45, 7) is 4.77. The molecule has 1 amide bonds. The summed E-state index contributed by atoms with van der Waals surface area (Å²) in [6.07, 6.45) is 1.26. The van der Waals surface area contributed by atoms with E-state index in [0.717, 1.165) is 11.1 Å². The second kappa shape index (κ2) is 6.65. The fourth-order valence-corrected chi connectivity index (χ4v) is 1.81. The number of nitrogens with two attached hydrogens (primary N) is 1. The Bertz CT molecular complexity index is 663. The fraction of sp³-hybridized carbons (Fsp3) is 0.286. The summed E-state index contributed by atoms with van der Waals surface area (Å²) in [5.41, 5.74) is 7.49. The zero-order valence-electron chi connectivity index (χ0n) is 12.0. The maximum absolute atomic E-state index is 11.4. The lowest BCUT2D eigenvalue weighted by molar-refractivity contribution is 0.0996. The first-order valence-corrected chi connectivity index (χ1v) is 6.55. The number of aromatic nitrogens is 3. The van der Waals surface area contributed by atoms with Crippen LogP contribution in [0.25, 0.3) is 0 Å². The molecule has 0 unspecified atom stereocenters. The molecule has 2 N–H and O–H groups in total. The maximum atomic E-state index is 11.4. The average molecular weight is 287 g/mol. The monoisotopic (exact) mass is 287 g/mol. The second-order valence-corrected chi connectivity index (χ2v) is 4.40. The molecule has 0 aliphatic heterocycles. The van der Waals surface area contributed by atoms with E-state index < -0.39 is 5.91 Å². The highest BCUT2D eigenvalue weighted by Gasteiger charge is 2.17. The van der Waals surface area contributed by atoms with Crippen LogP contribution >= 0.6 is 0 Å². The lowest BCUT2D eigenvalue weighted by atomic mass is 10.1. The molecule has 0 saturated heterocycles. The number of aryl methyl sites for hydroxylation is 1. The van der Waals surface area contributed by atoms with Crippen LogP contribution in [0.5, 0.6) is 0 Å². The van der Waals surface area contributed by atoms with Crippen LogP contribution in [0.4, 0.5) is 5.82 Å². The molecule has 7 nitrogen and oxygen atoms in total. The Hall–Kier alpha value is -2.70. The quantitative estimate of drug-likeness (QED) is 0.642. The lowest BCUT2D eigenvalue weighted by Gasteiger charge is -2.06. The Kier molecular flexibility index (Phi) is 4.65. The number of carbonyl (C=O) groups is 1. The fourth-order valence-electron chi connectivity index (χ4n) is 1.81. The number of nitrogens with zero attached hydrogens (tertiary/aromatic N) is 4. The molecule has 0 radical (unpaired) electrons. The Morgan fingerprint density at radius 1 is 1.48 bits per heavy atom. The minimum atomic E-state index is -0.672. The van der Waals surface area contributed by atoms with E-state index >= 15 is 0 Å². The first kappa shape index (κ1) is 14.7. The smallest absolute Gasteiger partial charge is 0.273 e. The third kappa shape index (κ3) is 3.44. The van der Waals surface area contributed by atoms with E-state index in [2.05, 4.69) is 15.3 Å². The Morgan fingerprint density at radius 2 is 2.24 bits per heavy atom. The standard InChI is InChI=1S/C14H17N5O2/c1-3-21-9-16-14-12(13(15)20)17-18-19(14)8-11-7-5-4-6-10(11)2/h4-7,9H,3,8H2,1-2H3,(H2,15,20). The van der Waals surface area contributed by atoms with Crippen molar-refractivity contribution in [3.8, 4) is 0 Å². The summed E-state index contributed by atoms with van der Waals surface area (Å²) in [7, 11) is 0. The predicted octanol–water partition coefficient (Wildman–Crippen LogP) is 1.43. The number of rotatable bonds is 6. The molecule has 7 heteroatoms. The van der Waals surface area contributed by atoms with Crippen molar-refractivity contribution in [2.45, 2.75) is 20.4 Å². The molecular formula is C14H17N5O2. The van der Waals surface area contributed by atoms with Gasteiger partial charge in [0.25, 0.3) is 5.91 Å². The number of ether oxygens (including phenoxy) is 1. The SMILES string of the molecule is CCOC=Nc1c(C(N)=O)nnn1Cc1ccccc1C. The van der Waals surface area contributed by atoms with Gasteiger partial charge in [-0.1, -0.05) is 29.5 Å². The van der Waals surface area contributed by atoms with Crippen LogP contribution < -0.4 is 5.73 Å². The van der Waals surface area contributed by atoms with Crippen LogP contribution in [0.3, 0.4) is 0 Å². The lowest BCUT2D eigenvalue weighted by Crippen LogP contribution is -2.12. The number of hydrogen-bond donors (Lipinski definition) is 1. The van der Waals surface area contributed by atoms with Gasteiger partial charge in [-0.2, -0.15) is 4.99 Å². The van der Waals surface area contributed by atoms with Gasteiger partial charge in [-0.3, -0.25) is 4.79 Å². The van der Waals surface area contributed by atoms with Crippen LogP contribution in [0, 0.1) is 6.92 Å². The highest BCUT2D eigenvalue weighted by atomic mass is 16.5. The average Bonchev–Trinajstić information content (AvgIpc) is 2.85. The van der Waals surface area contributed by atoms with Gasteiger partial charge >= 0.3 is 0 Å². The number of aliphatic imine (C=N–C) groups is 1.